The second-order valence-corrected chi connectivity index (χ2v) is 6.79. The van der Waals surface area contributed by atoms with Gasteiger partial charge in [0, 0.05) is 36.2 Å². The maximum Gasteiger partial charge on any atom is 0.271 e. The van der Waals surface area contributed by atoms with Crippen LogP contribution in [0.3, 0.4) is 0 Å². The van der Waals surface area contributed by atoms with Gasteiger partial charge in [0.1, 0.15) is 11.4 Å². The summed E-state index contributed by atoms with van der Waals surface area (Å²) in [5.41, 5.74) is 0.342. The molecule has 0 fully saturated rings. The van der Waals surface area contributed by atoms with Gasteiger partial charge in [-0.25, -0.2) is 4.68 Å². The summed E-state index contributed by atoms with van der Waals surface area (Å²) in [6, 6.07) is 8.88. The van der Waals surface area contributed by atoms with Gasteiger partial charge in [0.25, 0.3) is 5.91 Å². The molecule has 2 aromatic heterocycles. The number of halogens is 2. The van der Waals surface area contributed by atoms with Crippen molar-refractivity contribution >= 4 is 33.4 Å². The van der Waals surface area contributed by atoms with Gasteiger partial charge in [-0.1, -0.05) is 27.5 Å². The Morgan fingerprint density at radius 3 is 2.92 bits per heavy atom. The minimum Gasteiger partial charge on any atom is -0.470 e. The molecule has 0 atom stereocenters. The quantitative estimate of drug-likeness (QED) is 0.547. The van der Waals surface area contributed by atoms with Gasteiger partial charge in [-0.15, -0.1) is 0 Å². The van der Waals surface area contributed by atoms with Crippen LogP contribution in [0.5, 0.6) is 5.75 Å². The molecule has 2 heterocycles. The Balaban J connectivity index is 1.45. The number of aryl methyl sites for hydroxylation is 1. The highest BCUT2D eigenvalue weighted by Gasteiger charge is 2.09. The molecule has 3 rings (SSSR count). The lowest BCUT2D eigenvalue weighted by Crippen LogP contribution is -2.26. The Morgan fingerprint density at radius 2 is 2.15 bits per heavy atom. The molecule has 0 aliphatic carbocycles. The number of carbonyl (C=O) groups is 1. The minimum atomic E-state index is -0.217. The lowest BCUT2D eigenvalue weighted by Gasteiger charge is -2.08. The van der Waals surface area contributed by atoms with E-state index >= 15 is 0 Å². The highest BCUT2D eigenvalue weighted by molar-refractivity contribution is 9.10. The molecule has 136 valence electrons. The topological polar surface area (TPSA) is 74.0 Å². The van der Waals surface area contributed by atoms with Crippen molar-refractivity contribution in [2.45, 2.75) is 19.7 Å². The Bertz CT molecular complexity index is 866. The first-order valence-electron chi connectivity index (χ1n) is 7.99. The predicted molar refractivity (Wildman–Crippen MR) is 101 cm³/mol. The van der Waals surface area contributed by atoms with Crippen molar-refractivity contribution in [1.82, 2.24) is 24.9 Å². The summed E-state index contributed by atoms with van der Waals surface area (Å²) in [4.78, 5) is 12.1. The third-order valence-corrected chi connectivity index (χ3v) is 4.32. The number of carbonyl (C=O) groups excluding carboxylic acids is 1. The molecule has 7 nitrogen and oxygen atoms in total. The van der Waals surface area contributed by atoms with Gasteiger partial charge in [-0.2, -0.15) is 10.2 Å². The third-order valence-electron chi connectivity index (χ3n) is 3.53. The van der Waals surface area contributed by atoms with Crippen LogP contribution in [-0.2, 0) is 13.3 Å². The summed E-state index contributed by atoms with van der Waals surface area (Å²) in [5, 5.41) is 11.7. The maximum absolute atomic E-state index is 12.1. The molecule has 3 aromatic rings. The largest absolute Gasteiger partial charge is 0.470 e. The van der Waals surface area contributed by atoms with Crippen LogP contribution in [0, 0.1) is 0 Å². The second-order valence-electron chi connectivity index (χ2n) is 5.47. The first-order valence-corrected chi connectivity index (χ1v) is 9.16. The number of hydrogen-bond acceptors (Lipinski definition) is 4. The number of hydrogen-bond donors (Lipinski definition) is 1. The average molecular weight is 439 g/mol. The molecule has 0 radical (unpaired) electrons. The van der Waals surface area contributed by atoms with Crippen LogP contribution in [0.1, 0.15) is 16.9 Å². The molecule has 1 N–H and O–H groups in total. The van der Waals surface area contributed by atoms with Gasteiger partial charge in [0.05, 0.1) is 5.02 Å². The third kappa shape index (κ3) is 5.09. The molecule has 9 heteroatoms. The van der Waals surface area contributed by atoms with Crippen LogP contribution < -0.4 is 10.1 Å². The van der Waals surface area contributed by atoms with E-state index in [4.69, 9.17) is 16.3 Å². The summed E-state index contributed by atoms with van der Waals surface area (Å²) < 4.78 is 9.86. The Hall–Kier alpha value is -2.32. The lowest BCUT2D eigenvalue weighted by atomic mass is 10.3. The normalized spacial score (nSPS) is 10.7. The molecule has 26 heavy (non-hydrogen) atoms. The highest BCUT2D eigenvalue weighted by atomic mass is 79.9. The molecule has 0 aliphatic heterocycles. The summed E-state index contributed by atoms with van der Waals surface area (Å²) >= 11 is 9.45. The first-order chi connectivity index (χ1) is 12.6. The molecule has 1 amide bonds. The van der Waals surface area contributed by atoms with Crippen molar-refractivity contribution in [2.75, 3.05) is 6.54 Å². The molecular weight excluding hydrogens is 422 g/mol. The Kier molecular flexibility index (Phi) is 6.30. The fourth-order valence-corrected chi connectivity index (χ4v) is 2.98. The van der Waals surface area contributed by atoms with Crippen LogP contribution in [0.4, 0.5) is 0 Å². The number of amides is 1. The number of rotatable bonds is 8. The zero-order valence-corrected chi connectivity index (χ0v) is 16.2. The standard InChI is InChI=1S/C17H17BrClN5O2/c18-13-3-4-16(14(19)11-13)26-12-24-10-5-15(22-24)17(25)20-6-1-8-23-9-2-7-21-23/h2-5,7,9-11H,1,6,8,12H2,(H,20,25). The number of nitrogens with zero attached hydrogens (tertiary/aromatic N) is 4. The molecular formula is C17H17BrClN5O2. The zero-order valence-electron chi connectivity index (χ0n) is 13.8. The van der Waals surface area contributed by atoms with Gasteiger partial charge in [-0.05, 0) is 36.8 Å². The van der Waals surface area contributed by atoms with E-state index in [2.05, 4.69) is 31.4 Å². The maximum atomic E-state index is 12.1. The van der Waals surface area contributed by atoms with Crippen molar-refractivity contribution in [3.63, 3.8) is 0 Å². The van der Waals surface area contributed by atoms with Crippen molar-refractivity contribution in [3.8, 4) is 5.75 Å². The van der Waals surface area contributed by atoms with Crippen LogP contribution >= 0.6 is 27.5 Å². The summed E-state index contributed by atoms with van der Waals surface area (Å²) in [6.07, 6.45) is 6.10. The monoisotopic (exact) mass is 437 g/mol. The number of ether oxygens (including phenoxy) is 1. The Labute approximate surface area is 164 Å². The van der Waals surface area contributed by atoms with Crippen molar-refractivity contribution in [1.29, 1.82) is 0 Å². The van der Waals surface area contributed by atoms with Gasteiger partial charge >= 0.3 is 0 Å². The minimum absolute atomic E-state index is 0.161. The summed E-state index contributed by atoms with van der Waals surface area (Å²) in [5.74, 6) is 0.334. The second kappa shape index (κ2) is 8.86. The van der Waals surface area contributed by atoms with Gasteiger partial charge in [0.15, 0.2) is 6.73 Å². The van der Waals surface area contributed by atoms with E-state index in [1.807, 2.05) is 23.0 Å². The fourth-order valence-electron chi connectivity index (χ4n) is 2.25. The van der Waals surface area contributed by atoms with Crippen LogP contribution in [0.25, 0.3) is 0 Å². The first kappa shape index (κ1) is 18.5. The average Bonchev–Trinajstić information content (AvgIpc) is 3.29. The van der Waals surface area contributed by atoms with Crippen molar-refractivity contribution < 1.29 is 9.53 Å². The van der Waals surface area contributed by atoms with E-state index in [1.54, 1.807) is 30.6 Å². The van der Waals surface area contributed by atoms with E-state index in [0.717, 1.165) is 17.4 Å². The molecule has 0 unspecified atom stereocenters. The highest BCUT2D eigenvalue weighted by Crippen LogP contribution is 2.27. The van der Waals surface area contributed by atoms with Crippen LogP contribution in [-0.4, -0.2) is 32.0 Å². The van der Waals surface area contributed by atoms with E-state index in [0.29, 0.717) is 23.0 Å². The molecule has 0 bridgehead atoms. The molecule has 0 spiro atoms. The lowest BCUT2D eigenvalue weighted by molar-refractivity contribution is 0.0945. The zero-order chi connectivity index (χ0) is 18.4. The summed E-state index contributed by atoms with van der Waals surface area (Å²) in [6.45, 7) is 1.47. The molecule has 0 saturated carbocycles. The van der Waals surface area contributed by atoms with Gasteiger partial charge < -0.3 is 10.1 Å². The van der Waals surface area contributed by atoms with E-state index in [-0.39, 0.29) is 12.6 Å². The molecule has 0 saturated heterocycles. The molecule has 0 aliphatic rings. The van der Waals surface area contributed by atoms with Crippen molar-refractivity contribution in [2.24, 2.45) is 0 Å². The fraction of sp³-hybridized carbons (Fsp3) is 0.235. The van der Waals surface area contributed by atoms with E-state index in [9.17, 15) is 4.79 Å². The van der Waals surface area contributed by atoms with Crippen LogP contribution in [0.2, 0.25) is 5.02 Å². The van der Waals surface area contributed by atoms with E-state index in [1.165, 1.54) is 4.68 Å². The van der Waals surface area contributed by atoms with Crippen molar-refractivity contribution in [3.05, 3.63) is 64.1 Å². The predicted octanol–water partition coefficient (Wildman–Crippen LogP) is 3.35. The van der Waals surface area contributed by atoms with Crippen LogP contribution in [0.15, 0.2) is 53.4 Å². The van der Waals surface area contributed by atoms with Gasteiger partial charge in [0.2, 0.25) is 0 Å². The summed E-state index contributed by atoms with van der Waals surface area (Å²) in [7, 11) is 0. The van der Waals surface area contributed by atoms with Gasteiger partial charge in [-0.3, -0.25) is 9.48 Å². The number of nitrogens with one attached hydrogen (secondary N) is 1. The SMILES string of the molecule is O=C(NCCCn1cccn1)c1ccn(COc2ccc(Br)cc2Cl)n1. The number of benzene rings is 1. The Morgan fingerprint density at radius 1 is 1.27 bits per heavy atom. The molecule has 1 aromatic carbocycles. The number of aromatic nitrogens is 4. The van der Waals surface area contributed by atoms with E-state index < -0.39 is 0 Å². The smallest absolute Gasteiger partial charge is 0.271 e.